The van der Waals surface area contributed by atoms with Crippen LogP contribution in [0.5, 0.6) is 23.0 Å². The smallest absolute Gasteiger partial charge is 0.349 e. The van der Waals surface area contributed by atoms with Crippen molar-refractivity contribution in [1.82, 2.24) is 0 Å². The maximum Gasteiger partial charge on any atom is 0.349 e. The number of carbonyl (C=O) groups excluding carboxylic acids is 2. The maximum atomic E-state index is 12.6. The highest BCUT2D eigenvalue weighted by molar-refractivity contribution is 7.17. The van der Waals surface area contributed by atoms with Gasteiger partial charge in [-0.05, 0) is 55.0 Å². The van der Waals surface area contributed by atoms with E-state index in [4.69, 9.17) is 23.7 Å². The minimum absolute atomic E-state index is 0.402. The molecule has 9 heteroatoms. The number of benzene rings is 2. The molecule has 2 aromatic carbocycles. The molecule has 3 aromatic rings. The summed E-state index contributed by atoms with van der Waals surface area (Å²) < 4.78 is 27.6. The van der Waals surface area contributed by atoms with Crippen LogP contribution in [-0.2, 0) is 9.53 Å². The first kappa shape index (κ1) is 21.1. The molecule has 1 aromatic heterocycles. The Labute approximate surface area is 194 Å². The molecular formula is C24H21NO7S. The standard InChI is InChI=1S/C24H21NO7S/c1-14(23(26)25-16-3-5-18-20(13-16)31-11-9-29-18)32-24(27)22-7-6-21(33-22)15-2-4-17-19(12-15)30-10-8-28-17/h2-7,12-14H,8-11H2,1H3,(H,25,26). The Bertz CT molecular complexity index is 1210. The molecule has 0 aliphatic carbocycles. The zero-order valence-electron chi connectivity index (χ0n) is 17.8. The van der Waals surface area contributed by atoms with Crippen molar-refractivity contribution >= 4 is 28.9 Å². The van der Waals surface area contributed by atoms with Crippen LogP contribution in [0.3, 0.4) is 0 Å². The van der Waals surface area contributed by atoms with Crippen molar-refractivity contribution in [1.29, 1.82) is 0 Å². The van der Waals surface area contributed by atoms with Gasteiger partial charge in [0.25, 0.3) is 5.91 Å². The van der Waals surface area contributed by atoms with Gasteiger partial charge < -0.3 is 29.0 Å². The number of fused-ring (bicyclic) bond motifs is 2. The third kappa shape index (κ3) is 4.58. The van der Waals surface area contributed by atoms with E-state index in [9.17, 15) is 9.59 Å². The highest BCUT2D eigenvalue weighted by Gasteiger charge is 2.22. The lowest BCUT2D eigenvalue weighted by atomic mass is 10.1. The Morgan fingerprint density at radius 3 is 2.21 bits per heavy atom. The molecule has 0 radical (unpaired) electrons. The van der Waals surface area contributed by atoms with Crippen LogP contribution in [-0.4, -0.2) is 44.4 Å². The van der Waals surface area contributed by atoms with Crippen molar-refractivity contribution in [2.75, 3.05) is 31.7 Å². The third-order valence-electron chi connectivity index (χ3n) is 5.10. The van der Waals surface area contributed by atoms with Gasteiger partial charge in [0.2, 0.25) is 0 Å². The molecule has 1 unspecified atom stereocenters. The number of hydrogen-bond donors (Lipinski definition) is 1. The number of anilines is 1. The quantitative estimate of drug-likeness (QED) is 0.564. The van der Waals surface area contributed by atoms with Crippen molar-refractivity contribution in [3.8, 4) is 33.4 Å². The monoisotopic (exact) mass is 467 g/mol. The van der Waals surface area contributed by atoms with Crippen LogP contribution in [0.2, 0.25) is 0 Å². The van der Waals surface area contributed by atoms with E-state index in [1.54, 1.807) is 24.3 Å². The van der Waals surface area contributed by atoms with Gasteiger partial charge in [-0.15, -0.1) is 11.3 Å². The van der Waals surface area contributed by atoms with Crippen LogP contribution >= 0.6 is 11.3 Å². The second-order valence-electron chi connectivity index (χ2n) is 7.42. The molecule has 1 N–H and O–H groups in total. The molecule has 0 saturated carbocycles. The number of carbonyl (C=O) groups is 2. The first-order valence-electron chi connectivity index (χ1n) is 10.5. The second kappa shape index (κ2) is 9.03. The molecule has 5 rings (SSSR count). The lowest BCUT2D eigenvalue weighted by molar-refractivity contribution is -0.123. The summed E-state index contributed by atoms with van der Waals surface area (Å²) in [5.74, 6) is 1.58. The Kier molecular flexibility index (Phi) is 5.78. The first-order chi connectivity index (χ1) is 16.1. The molecule has 0 bridgehead atoms. The molecule has 33 heavy (non-hydrogen) atoms. The van der Waals surface area contributed by atoms with Crippen LogP contribution < -0.4 is 24.3 Å². The Morgan fingerprint density at radius 1 is 0.848 bits per heavy atom. The van der Waals surface area contributed by atoms with Crippen molar-refractivity contribution in [2.45, 2.75) is 13.0 Å². The number of esters is 1. The average Bonchev–Trinajstić information content (AvgIpc) is 3.34. The number of amides is 1. The zero-order valence-corrected chi connectivity index (χ0v) is 18.6. The lowest BCUT2D eigenvalue weighted by Crippen LogP contribution is -2.29. The molecule has 1 amide bonds. The van der Waals surface area contributed by atoms with Crippen LogP contribution in [0.1, 0.15) is 16.6 Å². The number of nitrogens with one attached hydrogen (secondary N) is 1. The van der Waals surface area contributed by atoms with Crippen LogP contribution in [0, 0.1) is 0 Å². The predicted molar refractivity (Wildman–Crippen MR) is 122 cm³/mol. The molecule has 0 spiro atoms. The van der Waals surface area contributed by atoms with Crippen molar-refractivity contribution < 1.29 is 33.3 Å². The fraction of sp³-hybridized carbons (Fsp3) is 0.250. The summed E-state index contributed by atoms with van der Waals surface area (Å²) in [5.41, 5.74) is 1.44. The van der Waals surface area contributed by atoms with Gasteiger partial charge in [-0.3, -0.25) is 4.79 Å². The third-order valence-corrected chi connectivity index (χ3v) is 6.21. The Balaban J connectivity index is 1.21. The molecule has 2 aliphatic rings. The average molecular weight is 467 g/mol. The predicted octanol–water partition coefficient (Wildman–Crippen LogP) is 4.14. The summed E-state index contributed by atoms with van der Waals surface area (Å²) in [6, 6.07) is 14.3. The van der Waals surface area contributed by atoms with Gasteiger partial charge in [-0.25, -0.2) is 4.79 Å². The molecule has 2 aliphatic heterocycles. The molecular weight excluding hydrogens is 446 g/mol. The van der Waals surface area contributed by atoms with E-state index in [2.05, 4.69) is 5.32 Å². The van der Waals surface area contributed by atoms with E-state index >= 15 is 0 Å². The van der Waals surface area contributed by atoms with Crippen LogP contribution in [0.15, 0.2) is 48.5 Å². The molecule has 8 nitrogen and oxygen atoms in total. The molecule has 3 heterocycles. The van der Waals surface area contributed by atoms with Crippen LogP contribution in [0.4, 0.5) is 5.69 Å². The highest BCUT2D eigenvalue weighted by atomic mass is 32.1. The molecule has 0 saturated heterocycles. The van der Waals surface area contributed by atoms with Gasteiger partial charge in [-0.2, -0.15) is 0 Å². The largest absolute Gasteiger partial charge is 0.486 e. The van der Waals surface area contributed by atoms with E-state index in [0.29, 0.717) is 60.0 Å². The number of hydrogen-bond acceptors (Lipinski definition) is 8. The maximum absolute atomic E-state index is 12.6. The summed E-state index contributed by atoms with van der Waals surface area (Å²) in [4.78, 5) is 26.4. The van der Waals surface area contributed by atoms with Crippen molar-refractivity contribution in [3.63, 3.8) is 0 Å². The van der Waals surface area contributed by atoms with E-state index in [1.165, 1.54) is 18.3 Å². The summed E-state index contributed by atoms with van der Waals surface area (Å²) in [6.07, 6.45) is -0.981. The second-order valence-corrected chi connectivity index (χ2v) is 8.50. The summed E-state index contributed by atoms with van der Waals surface area (Å²) in [6.45, 7) is 3.51. The summed E-state index contributed by atoms with van der Waals surface area (Å²) in [7, 11) is 0. The zero-order chi connectivity index (χ0) is 22.8. The molecule has 1 atom stereocenters. The van der Waals surface area contributed by atoms with Crippen molar-refractivity contribution in [3.05, 3.63) is 53.4 Å². The Morgan fingerprint density at radius 2 is 1.48 bits per heavy atom. The first-order valence-corrected chi connectivity index (χ1v) is 11.3. The van der Waals surface area contributed by atoms with E-state index < -0.39 is 18.0 Å². The van der Waals surface area contributed by atoms with Crippen LogP contribution in [0.25, 0.3) is 10.4 Å². The van der Waals surface area contributed by atoms with Gasteiger partial charge >= 0.3 is 5.97 Å². The normalized spacial score (nSPS) is 14.8. The number of ether oxygens (including phenoxy) is 5. The minimum Gasteiger partial charge on any atom is -0.486 e. The molecule has 0 fully saturated rings. The van der Waals surface area contributed by atoms with Gasteiger partial charge in [0.15, 0.2) is 29.1 Å². The Hall–Kier alpha value is -3.72. The van der Waals surface area contributed by atoms with Gasteiger partial charge in [-0.1, -0.05) is 0 Å². The van der Waals surface area contributed by atoms with E-state index in [1.807, 2.05) is 24.3 Å². The number of rotatable bonds is 5. The van der Waals surface area contributed by atoms with Gasteiger partial charge in [0.05, 0.1) is 0 Å². The fourth-order valence-electron chi connectivity index (χ4n) is 3.44. The summed E-state index contributed by atoms with van der Waals surface area (Å²) >= 11 is 1.28. The number of thiophene rings is 1. The fourth-order valence-corrected chi connectivity index (χ4v) is 4.32. The minimum atomic E-state index is -0.981. The summed E-state index contributed by atoms with van der Waals surface area (Å²) in [5, 5.41) is 2.73. The SMILES string of the molecule is CC(OC(=O)c1ccc(-c2ccc3c(c2)OCCO3)s1)C(=O)Nc1ccc2c(c1)OCCO2. The van der Waals surface area contributed by atoms with Gasteiger partial charge in [0, 0.05) is 16.6 Å². The van der Waals surface area contributed by atoms with Crippen molar-refractivity contribution in [2.24, 2.45) is 0 Å². The topological polar surface area (TPSA) is 92.3 Å². The van der Waals surface area contributed by atoms with E-state index in [0.717, 1.165) is 10.4 Å². The molecule has 170 valence electrons. The lowest BCUT2D eigenvalue weighted by Gasteiger charge is -2.19. The highest BCUT2D eigenvalue weighted by Crippen LogP contribution is 2.37. The van der Waals surface area contributed by atoms with Gasteiger partial charge in [0.1, 0.15) is 31.3 Å². The van der Waals surface area contributed by atoms with E-state index in [-0.39, 0.29) is 0 Å².